The number of thioether (sulfide) groups is 1. The van der Waals surface area contributed by atoms with E-state index in [4.69, 9.17) is 4.74 Å². The molecule has 7 heteroatoms. The molecule has 0 saturated heterocycles. The van der Waals surface area contributed by atoms with Crippen LogP contribution < -0.4 is 4.74 Å². The van der Waals surface area contributed by atoms with Crippen molar-refractivity contribution in [2.45, 2.75) is 4.99 Å². The summed E-state index contributed by atoms with van der Waals surface area (Å²) in [7, 11) is 1.61. The van der Waals surface area contributed by atoms with Crippen LogP contribution in [0.5, 0.6) is 5.75 Å². The van der Waals surface area contributed by atoms with E-state index < -0.39 is 4.99 Å². The summed E-state index contributed by atoms with van der Waals surface area (Å²) in [4.78, 5) is 9.49. The molecule has 2 atom stereocenters. The van der Waals surface area contributed by atoms with Gasteiger partial charge in [-0.05, 0) is 24.0 Å². The van der Waals surface area contributed by atoms with Crippen molar-refractivity contribution in [3.05, 3.63) is 46.0 Å². The van der Waals surface area contributed by atoms with Gasteiger partial charge in [0.2, 0.25) is 0 Å². The Labute approximate surface area is 121 Å². The minimum atomic E-state index is -1.39. The summed E-state index contributed by atoms with van der Waals surface area (Å²) in [6.45, 7) is 0.342. The zero-order valence-electron chi connectivity index (χ0n) is 11.2. The Morgan fingerprint density at radius 3 is 2.75 bits per heavy atom. The van der Waals surface area contributed by atoms with Gasteiger partial charge in [-0.25, -0.2) is 0 Å². The van der Waals surface area contributed by atoms with E-state index in [1.54, 1.807) is 19.4 Å². The van der Waals surface area contributed by atoms with Crippen LogP contribution in [0.1, 0.15) is 5.56 Å². The monoisotopic (exact) mass is 293 g/mol. The highest BCUT2D eigenvalue weighted by molar-refractivity contribution is 7.99. The quantitative estimate of drug-likeness (QED) is 0.475. The Morgan fingerprint density at radius 1 is 1.50 bits per heavy atom. The third-order valence-electron chi connectivity index (χ3n) is 3.17. The van der Waals surface area contributed by atoms with Gasteiger partial charge in [0.1, 0.15) is 11.7 Å². The van der Waals surface area contributed by atoms with Gasteiger partial charge in [0.15, 0.2) is 0 Å². The van der Waals surface area contributed by atoms with E-state index in [1.807, 2.05) is 30.3 Å². The van der Waals surface area contributed by atoms with Crippen molar-refractivity contribution in [3.63, 3.8) is 0 Å². The number of nitro groups is 1. The maximum atomic E-state index is 11.2. The molecule has 2 rings (SSSR count). The lowest BCUT2D eigenvalue weighted by atomic mass is 10.1. The van der Waals surface area contributed by atoms with Gasteiger partial charge >= 0.3 is 4.99 Å². The molecular formula is C13H15N3O3S. The van der Waals surface area contributed by atoms with Crippen molar-refractivity contribution in [2.75, 3.05) is 19.9 Å². The number of hydrogen-bond donors (Lipinski definition) is 0. The van der Waals surface area contributed by atoms with Crippen LogP contribution in [0.2, 0.25) is 0 Å². The van der Waals surface area contributed by atoms with E-state index in [9.17, 15) is 10.1 Å². The lowest BCUT2D eigenvalue weighted by Crippen LogP contribution is -2.37. The Morgan fingerprint density at radius 2 is 2.20 bits per heavy atom. The van der Waals surface area contributed by atoms with E-state index in [2.05, 4.69) is 10.2 Å². The standard InChI is InChI=1S/C13H15N3O3S/c1-19-12-7-4-10(5-8-12)3-6-11-9-14-15-13(11,20-2)16(17)18/h3-8,11H,9H2,1-2H3/b6-3+/t11-,13-/m0/s1. The smallest absolute Gasteiger partial charge is 0.384 e. The largest absolute Gasteiger partial charge is 0.497 e. The van der Waals surface area contributed by atoms with E-state index in [1.165, 1.54) is 0 Å². The predicted molar refractivity (Wildman–Crippen MR) is 78.5 cm³/mol. The molecule has 1 aromatic carbocycles. The molecule has 6 nitrogen and oxygen atoms in total. The van der Waals surface area contributed by atoms with Crippen LogP contribution in [0.4, 0.5) is 0 Å². The van der Waals surface area contributed by atoms with Crippen molar-refractivity contribution < 1.29 is 9.66 Å². The van der Waals surface area contributed by atoms with E-state index in [0.29, 0.717) is 6.54 Å². The van der Waals surface area contributed by atoms with Gasteiger partial charge in [0.25, 0.3) is 0 Å². The minimum Gasteiger partial charge on any atom is -0.497 e. The summed E-state index contributed by atoms with van der Waals surface area (Å²) in [6.07, 6.45) is 5.34. The van der Waals surface area contributed by atoms with Gasteiger partial charge in [-0.3, -0.25) is 10.1 Å². The highest BCUT2D eigenvalue weighted by atomic mass is 32.2. The zero-order chi connectivity index (χ0) is 14.6. The van der Waals surface area contributed by atoms with E-state index in [0.717, 1.165) is 23.1 Å². The summed E-state index contributed by atoms with van der Waals surface area (Å²) in [6, 6.07) is 7.48. The molecule has 1 aliphatic rings. The molecule has 20 heavy (non-hydrogen) atoms. The molecule has 0 fully saturated rings. The second kappa shape index (κ2) is 6.04. The Bertz CT molecular complexity index is 544. The molecule has 0 bridgehead atoms. The van der Waals surface area contributed by atoms with Crippen molar-refractivity contribution in [1.29, 1.82) is 0 Å². The molecule has 0 saturated carbocycles. The molecule has 106 valence electrons. The van der Waals surface area contributed by atoms with Gasteiger partial charge in [0.05, 0.1) is 18.6 Å². The first kappa shape index (κ1) is 14.5. The summed E-state index contributed by atoms with van der Waals surface area (Å²) < 4.78 is 5.08. The van der Waals surface area contributed by atoms with E-state index in [-0.39, 0.29) is 10.8 Å². The summed E-state index contributed by atoms with van der Waals surface area (Å²) in [5.41, 5.74) is 0.955. The third-order valence-corrected chi connectivity index (χ3v) is 4.31. The number of rotatable bonds is 5. The normalized spacial score (nSPS) is 25.2. The molecule has 0 aliphatic carbocycles. The highest BCUT2D eigenvalue weighted by Crippen LogP contribution is 2.39. The molecule has 0 amide bonds. The van der Waals surface area contributed by atoms with Gasteiger partial charge in [-0.2, -0.15) is 5.11 Å². The number of nitrogens with zero attached hydrogens (tertiary/aromatic N) is 3. The maximum absolute atomic E-state index is 11.2. The highest BCUT2D eigenvalue weighted by Gasteiger charge is 2.53. The van der Waals surface area contributed by atoms with Crippen LogP contribution >= 0.6 is 11.8 Å². The third kappa shape index (κ3) is 2.67. The van der Waals surface area contributed by atoms with Crippen LogP contribution in [-0.2, 0) is 0 Å². The predicted octanol–water partition coefficient (Wildman–Crippen LogP) is 3.08. The second-order valence-electron chi connectivity index (χ2n) is 4.28. The van der Waals surface area contributed by atoms with Gasteiger partial charge < -0.3 is 4.74 Å². The van der Waals surface area contributed by atoms with Crippen LogP contribution in [0, 0.1) is 16.0 Å². The fourth-order valence-corrected chi connectivity index (χ4v) is 2.73. The molecule has 0 unspecified atom stereocenters. The number of methoxy groups -OCH3 is 1. The molecule has 1 aromatic rings. The number of azo groups is 1. The van der Waals surface area contributed by atoms with Gasteiger partial charge in [0, 0.05) is 0 Å². The van der Waals surface area contributed by atoms with Crippen molar-refractivity contribution in [1.82, 2.24) is 0 Å². The molecule has 1 heterocycles. The number of ether oxygens (including phenoxy) is 1. The van der Waals surface area contributed by atoms with Crippen molar-refractivity contribution in [3.8, 4) is 5.75 Å². The fraction of sp³-hybridized carbons (Fsp3) is 0.385. The first-order valence-electron chi connectivity index (χ1n) is 6.03. The SMILES string of the molecule is COc1ccc(/C=C/[C@H]2CN=N[C@]2(SC)[N+](=O)[O-])cc1. The summed E-state index contributed by atoms with van der Waals surface area (Å²) in [5.74, 6) is 0.436. The first-order valence-corrected chi connectivity index (χ1v) is 7.25. The second-order valence-corrected chi connectivity index (χ2v) is 5.29. The summed E-state index contributed by atoms with van der Waals surface area (Å²) >= 11 is 1.11. The van der Waals surface area contributed by atoms with Crippen LogP contribution in [0.3, 0.4) is 0 Å². The average molecular weight is 293 g/mol. The molecule has 1 aliphatic heterocycles. The maximum Gasteiger partial charge on any atom is 0.384 e. The molecule has 0 radical (unpaired) electrons. The number of benzene rings is 1. The Hall–Kier alpha value is -1.89. The topological polar surface area (TPSA) is 77.1 Å². The van der Waals surface area contributed by atoms with E-state index >= 15 is 0 Å². The van der Waals surface area contributed by atoms with Gasteiger partial charge in [-0.1, -0.05) is 36.0 Å². The van der Waals surface area contributed by atoms with Crippen LogP contribution in [0.15, 0.2) is 40.6 Å². The van der Waals surface area contributed by atoms with Crippen molar-refractivity contribution >= 4 is 17.8 Å². The molecular weight excluding hydrogens is 278 g/mol. The zero-order valence-corrected chi connectivity index (χ0v) is 12.0. The first-order chi connectivity index (χ1) is 9.62. The molecule has 0 N–H and O–H groups in total. The lowest BCUT2D eigenvalue weighted by Gasteiger charge is -2.18. The number of hydrogen-bond acceptors (Lipinski definition) is 6. The lowest BCUT2D eigenvalue weighted by molar-refractivity contribution is -0.541. The summed E-state index contributed by atoms with van der Waals surface area (Å²) in [5, 5.41) is 18.9. The Balaban J connectivity index is 2.16. The Kier molecular flexibility index (Phi) is 4.39. The molecule has 0 aromatic heterocycles. The van der Waals surface area contributed by atoms with Crippen LogP contribution in [-0.4, -0.2) is 29.8 Å². The minimum absolute atomic E-state index is 0.338. The van der Waals surface area contributed by atoms with Crippen molar-refractivity contribution in [2.24, 2.45) is 16.1 Å². The molecule has 0 spiro atoms. The fourth-order valence-electron chi connectivity index (χ4n) is 1.99. The van der Waals surface area contributed by atoms with Gasteiger partial charge in [-0.15, -0.1) is 5.11 Å². The van der Waals surface area contributed by atoms with Crippen LogP contribution in [0.25, 0.3) is 6.08 Å². The average Bonchev–Trinajstić information content (AvgIpc) is 2.90.